The van der Waals surface area contributed by atoms with E-state index >= 15 is 0 Å². The molecular formula is C20H25F2N3O2. The molecule has 146 valence electrons. The molecule has 0 saturated heterocycles. The zero-order valence-corrected chi connectivity index (χ0v) is 15.8. The van der Waals surface area contributed by atoms with Gasteiger partial charge < -0.3 is 20.3 Å². The molecule has 2 rings (SSSR count). The Hall–Kier alpha value is -2.83. The van der Waals surface area contributed by atoms with Gasteiger partial charge in [0, 0.05) is 30.5 Å². The molecule has 0 aliphatic rings. The van der Waals surface area contributed by atoms with Crippen LogP contribution >= 0.6 is 0 Å². The van der Waals surface area contributed by atoms with Gasteiger partial charge in [-0.2, -0.15) is 0 Å². The Morgan fingerprint density at radius 1 is 1.11 bits per heavy atom. The Labute approximate surface area is 158 Å². The highest BCUT2D eigenvalue weighted by molar-refractivity contribution is 5.90. The first-order chi connectivity index (χ1) is 12.9. The van der Waals surface area contributed by atoms with Gasteiger partial charge >= 0.3 is 6.03 Å². The third-order valence-corrected chi connectivity index (χ3v) is 4.13. The van der Waals surface area contributed by atoms with Crippen molar-refractivity contribution in [3.8, 4) is 5.75 Å². The molecule has 0 spiro atoms. The molecule has 0 heterocycles. The first-order valence-corrected chi connectivity index (χ1v) is 8.92. The van der Waals surface area contributed by atoms with E-state index < -0.39 is 11.6 Å². The lowest BCUT2D eigenvalue weighted by Gasteiger charge is -2.22. The van der Waals surface area contributed by atoms with Crippen molar-refractivity contribution in [1.29, 1.82) is 0 Å². The lowest BCUT2D eigenvalue weighted by molar-refractivity contribution is 0.246. The highest BCUT2D eigenvalue weighted by Crippen LogP contribution is 2.22. The van der Waals surface area contributed by atoms with E-state index in [1.54, 1.807) is 0 Å². The number of nitrogens with zero attached hydrogens (tertiary/aromatic N) is 1. The van der Waals surface area contributed by atoms with Crippen molar-refractivity contribution < 1.29 is 18.3 Å². The standard InChI is InChI=1S/C20H25F2N3O2/c1-4-25(5-2)16-7-8-18(14(3)12-16)24-20(26)23-10-11-27-19-9-6-15(21)13-17(19)22/h6-9,12-13H,4-5,10-11H2,1-3H3,(H2,23,24,26). The number of carbonyl (C=O) groups is 1. The van der Waals surface area contributed by atoms with Crippen LogP contribution in [0.1, 0.15) is 19.4 Å². The molecule has 0 fully saturated rings. The highest BCUT2D eigenvalue weighted by atomic mass is 19.1. The van der Waals surface area contributed by atoms with E-state index in [0.717, 1.165) is 36.5 Å². The predicted molar refractivity (Wildman–Crippen MR) is 104 cm³/mol. The number of benzene rings is 2. The van der Waals surface area contributed by atoms with E-state index in [2.05, 4.69) is 29.4 Å². The average Bonchev–Trinajstić information content (AvgIpc) is 2.63. The van der Waals surface area contributed by atoms with E-state index in [-0.39, 0.29) is 24.9 Å². The summed E-state index contributed by atoms with van der Waals surface area (Å²) in [6, 6.07) is 8.57. The number of carbonyl (C=O) groups excluding carboxylic acids is 1. The maximum Gasteiger partial charge on any atom is 0.319 e. The van der Waals surface area contributed by atoms with Gasteiger partial charge in [0.15, 0.2) is 11.6 Å². The molecule has 0 aliphatic heterocycles. The Morgan fingerprint density at radius 2 is 1.85 bits per heavy atom. The summed E-state index contributed by atoms with van der Waals surface area (Å²) in [6.07, 6.45) is 0. The van der Waals surface area contributed by atoms with Gasteiger partial charge in [0.2, 0.25) is 0 Å². The number of nitrogens with one attached hydrogen (secondary N) is 2. The fraction of sp³-hybridized carbons (Fsp3) is 0.350. The van der Waals surface area contributed by atoms with Crippen LogP contribution in [0.4, 0.5) is 25.0 Å². The van der Waals surface area contributed by atoms with Gasteiger partial charge in [0.05, 0.1) is 6.54 Å². The molecule has 0 bridgehead atoms. The van der Waals surface area contributed by atoms with Crippen molar-refractivity contribution >= 4 is 17.4 Å². The SMILES string of the molecule is CCN(CC)c1ccc(NC(=O)NCCOc2ccc(F)cc2F)c(C)c1. The van der Waals surface area contributed by atoms with Gasteiger partial charge in [0.1, 0.15) is 12.4 Å². The van der Waals surface area contributed by atoms with Crippen LogP contribution in [-0.2, 0) is 0 Å². The van der Waals surface area contributed by atoms with Crippen LogP contribution < -0.4 is 20.3 Å². The van der Waals surface area contributed by atoms with Gasteiger partial charge in [0.25, 0.3) is 0 Å². The summed E-state index contributed by atoms with van der Waals surface area (Å²) >= 11 is 0. The van der Waals surface area contributed by atoms with Crippen molar-refractivity contribution in [3.05, 3.63) is 53.6 Å². The molecule has 2 N–H and O–H groups in total. The minimum atomic E-state index is -0.775. The zero-order chi connectivity index (χ0) is 19.8. The molecule has 2 aromatic rings. The number of halogens is 2. The lowest BCUT2D eigenvalue weighted by atomic mass is 10.1. The second-order valence-corrected chi connectivity index (χ2v) is 5.98. The number of amides is 2. The van der Waals surface area contributed by atoms with Gasteiger partial charge in [-0.1, -0.05) is 0 Å². The number of hydrogen-bond acceptors (Lipinski definition) is 3. The van der Waals surface area contributed by atoms with Crippen molar-refractivity contribution in [1.82, 2.24) is 5.32 Å². The van der Waals surface area contributed by atoms with Crippen LogP contribution in [0.15, 0.2) is 36.4 Å². The van der Waals surface area contributed by atoms with Crippen LogP contribution in [0.25, 0.3) is 0 Å². The summed E-state index contributed by atoms with van der Waals surface area (Å²) in [7, 11) is 0. The second kappa shape index (κ2) is 9.75. The zero-order valence-electron chi connectivity index (χ0n) is 15.8. The van der Waals surface area contributed by atoms with Gasteiger partial charge in [-0.05, 0) is 56.7 Å². The first-order valence-electron chi connectivity index (χ1n) is 8.92. The van der Waals surface area contributed by atoms with Crippen molar-refractivity contribution in [2.75, 3.05) is 36.5 Å². The van der Waals surface area contributed by atoms with E-state index in [1.807, 2.05) is 25.1 Å². The molecular weight excluding hydrogens is 352 g/mol. The fourth-order valence-corrected chi connectivity index (χ4v) is 2.66. The first kappa shape index (κ1) is 20.5. The number of ether oxygens (including phenoxy) is 1. The van der Waals surface area contributed by atoms with E-state index in [1.165, 1.54) is 6.07 Å². The quantitative estimate of drug-likeness (QED) is 0.674. The topological polar surface area (TPSA) is 53.6 Å². The van der Waals surface area contributed by atoms with E-state index in [4.69, 9.17) is 4.74 Å². The van der Waals surface area contributed by atoms with Crippen LogP contribution in [-0.4, -0.2) is 32.3 Å². The normalized spacial score (nSPS) is 10.4. The van der Waals surface area contributed by atoms with Crippen molar-refractivity contribution in [2.45, 2.75) is 20.8 Å². The predicted octanol–water partition coefficient (Wildman–Crippen LogP) is 4.32. The smallest absolute Gasteiger partial charge is 0.319 e. The molecule has 0 aromatic heterocycles. The fourth-order valence-electron chi connectivity index (χ4n) is 2.66. The molecule has 0 atom stereocenters. The number of rotatable bonds is 8. The summed E-state index contributed by atoms with van der Waals surface area (Å²) in [4.78, 5) is 14.2. The third kappa shape index (κ3) is 5.84. The van der Waals surface area contributed by atoms with Crippen LogP contribution in [0.5, 0.6) is 5.75 Å². The van der Waals surface area contributed by atoms with Crippen LogP contribution in [0.2, 0.25) is 0 Å². The van der Waals surface area contributed by atoms with Gasteiger partial charge in [-0.15, -0.1) is 0 Å². The third-order valence-electron chi connectivity index (χ3n) is 4.13. The molecule has 0 radical (unpaired) electrons. The molecule has 5 nitrogen and oxygen atoms in total. The molecule has 27 heavy (non-hydrogen) atoms. The van der Waals surface area contributed by atoms with Gasteiger partial charge in [-0.3, -0.25) is 0 Å². The summed E-state index contributed by atoms with van der Waals surface area (Å²) < 4.78 is 31.5. The van der Waals surface area contributed by atoms with Crippen molar-refractivity contribution in [3.63, 3.8) is 0 Å². The molecule has 2 aromatic carbocycles. The monoisotopic (exact) mass is 377 g/mol. The molecule has 0 unspecified atom stereocenters. The number of anilines is 2. The van der Waals surface area contributed by atoms with Crippen molar-refractivity contribution in [2.24, 2.45) is 0 Å². The number of hydrogen-bond donors (Lipinski definition) is 2. The van der Waals surface area contributed by atoms with Gasteiger partial charge in [-0.25, -0.2) is 13.6 Å². The van der Waals surface area contributed by atoms with Crippen LogP contribution in [0, 0.1) is 18.6 Å². The maximum absolute atomic E-state index is 13.4. The average molecular weight is 377 g/mol. The molecule has 0 aliphatic carbocycles. The largest absolute Gasteiger partial charge is 0.489 e. The van der Waals surface area contributed by atoms with E-state index in [0.29, 0.717) is 5.69 Å². The number of aryl methyl sites for hydroxylation is 1. The summed E-state index contributed by atoms with van der Waals surface area (Å²) in [6.45, 7) is 8.20. The second-order valence-electron chi connectivity index (χ2n) is 5.98. The molecule has 2 amide bonds. The maximum atomic E-state index is 13.4. The van der Waals surface area contributed by atoms with E-state index in [9.17, 15) is 13.6 Å². The Balaban J connectivity index is 1.81. The molecule has 7 heteroatoms. The number of urea groups is 1. The molecule has 0 saturated carbocycles. The minimum absolute atomic E-state index is 0.0542. The summed E-state index contributed by atoms with van der Waals surface area (Å²) in [5.41, 5.74) is 2.78. The summed E-state index contributed by atoms with van der Waals surface area (Å²) in [5, 5.41) is 5.42. The Bertz CT molecular complexity index is 780. The highest BCUT2D eigenvalue weighted by Gasteiger charge is 2.08. The lowest BCUT2D eigenvalue weighted by Crippen LogP contribution is -2.32. The Morgan fingerprint density at radius 3 is 2.48 bits per heavy atom. The van der Waals surface area contributed by atoms with Crippen LogP contribution in [0.3, 0.4) is 0 Å². The minimum Gasteiger partial charge on any atom is -0.489 e. The summed E-state index contributed by atoms with van der Waals surface area (Å²) in [5.74, 6) is -1.50. The Kier molecular flexibility index (Phi) is 7.40.